The van der Waals surface area contributed by atoms with Crippen molar-refractivity contribution in [3.05, 3.63) is 18.6 Å². The second-order valence-electron chi connectivity index (χ2n) is 2.32. The Hall–Kier alpha value is -0.980. The molecule has 0 saturated carbocycles. The van der Waals surface area contributed by atoms with Crippen LogP contribution in [-0.2, 0) is 0 Å². The quantitative estimate of drug-likeness (QED) is 0.793. The number of rotatable bonds is 4. The molecule has 1 aromatic rings. The zero-order chi connectivity index (χ0) is 10.4. The molecular weight excluding hydrogens is 215 g/mol. The van der Waals surface area contributed by atoms with Crippen LogP contribution in [0.2, 0.25) is 0 Å². The topological polar surface area (TPSA) is 37.8 Å². The van der Waals surface area contributed by atoms with E-state index in [0.717, 1.165) is 0 Å². The number of hydrogen-bond acceptors (Lipinski definition) is 4. The number of hydrogen-bond donors (Lipinski definition) is 1. The van der Waals surface area contributed by atoms with Crippen LogP contribution < -0.4 is 5.32 Å². The summed E-state index contributed by atoms with van der Waals surface area (Å²) in [7, 11) is 0. The van der Waals surface area contributed by atoms with E-state index in [1.165, 1.54) is 12.5 Å². The van der Waals surface area contributed by atoms with Crippen LogP contribution in [0.4, 0.5) is 19.0 Å². The van der Waals surface area contributed by atoms with Crippen LogP contribution in [0.15, 0.2) is 18.6 Å². The number of thioether (sulfide) groups is 1. The second-order valence-corrected chi connectivity index (χ2v) is 3.48. The first-order valence-electron chi connectivity index (χ1n) is 3.78. The molecule has 0 fully saturated rings. The highest BCUT2D eigenvalue weighted by Crippen LogP contribution is 2.29. The standard InChI is InChI=1S/C7H8F3N3S/c8-7(9,10)14-4-3-12-6-1-2-11-5-13-6/h1-2,5H,3-4H2,(H,11,12,13). The number of aromatic nitrogens is 2. The Morgan fingerprint density at radius 1 is 1.43 bits per heavy atom. The summed E-state index contributed by atoms with van der Waals surface area (Å²) in [6, 6.07) is 1.60. The molecule has 0 aliphatic rings. The third-order valence-corrected chi connectivity index (χ3v) is 1.99. The zero-order valence-electron chi connectivity index (χ0n) is 7.08. The van der Waals surface area contributed by atoms with Crippen LogP contribution in [0.1, 0.15) is 0 Å². The fourth-order valence-corrected chi connectivity index (χ4v) is 1.18. The lowest BCUT2D eigenvalue weighted by molar-refractivity contribution is -0.0327. The second kappa shape index (κ2) is 5.04. The molecular formula is C7H8F3N3S. The van der Waals surface area contributed by atoms with Gasteiger partial charge in [-0.2, -0.15) is 13.2 Å². The summed E-state index contributed by atoms with van der Waals surface area (Å²) in [6.07, 6.45) is 2.85. The number of alkyl halides is 3. The van der Waals surface area contributed by atoms with Gasteiger partial charge in [0.15, 0.2) is 0 Å². The summed E-state index contributed by atoms with van der Waals surface area (Å²) >= 11 is -0.0531. The van der Waals surface area contributed by atoms with E-state index < -0.39 is 5.51 Å². The lowest BCUT2D eigenvalue weighted by Crippen LogP contribution is -2.10. The highest BCUT2D eigenvalue weighted by molar-refractivity contribution is 8.00. The van der Waals surface area contributed by atoms with Crippen molar-refractivity contribution < 1.29 is 13.2 Å². The maximum absolute atomic E-state index is 11.7. The highest BCUT2D eigenvalue weighted by Gasteiger charge is 2.27. The highest BCUT2D eigenvalue weighted by atomic mass is 32.2. The molecule has 1 aromatic heterocycles. The van der Waals surface area contributed by atoms with Crippen LogP contribution in [0.25, 0.3) is 0 Å². The summed E-state index contributed by atoms with van der Waals surface area (Å²) in [5, 5.41) is 2.75. The van der Waals surface area contributed by atoms with E-state index in [0.29, 0.717) is 5.82 Å². The first kappa shape index (κ1) is 11.1. The molecule has 0 spiro atoms. The summed E-state index contributed by atoms with van der Waals surface area (Å²) in [5.41, 5.74) is -4.16. The molecule has 1 rings (SSSR count). The van der Waals surface area contributed by atoms with E-state index in [9.17, 15) is 13.2 Å². The van der Waals surface area contributed by atoms with Crippen molar-refractivity contribution in [1.29, 1.82) is 0 Å². The van der Waals surface area contributed by atoms with Gasteiger partial charge in [0.25, 0.3) is 0 Å². The first-order valence-corrected chi connectivity index (χ1v) is 4.77. The lowest BCUT2D eigenvalue weighted by atomic mass is 10.6. The molecule has 0 aliphatic carbocycles. The van der Waals surface area contributed by atoms with Crippen molar-refractivity contribution in [2.24, 2.45) is 0 Å². The average molecular weight is 223 g/mol. The SMILES string of the molecule is FC(F)(F)SCCNc1ccncn1. The summed E-state index contributed by atoms with van der Waals surface area (Å²) < 4.78 is 35.1. The Balaban J connectivity index is 2.17. The fourth-order valence-electron chi connectivity index (χ4n) is 0.741. The van der Waals surface area contributed by atoms with Gasteiger partial charge in [0, 0.05) is 18.5 Å². The normalized spacial score (nSPS) is 11.4. The predicted molar refractivity (Wildman–Crippen MR) is 49.0 cm³/mol. The molecule has 0 bridgehead atoms. The van der Waals surface area contributed by atoms with Crippen molar-refractivity contribution in [2.45, 2.75) is 5.51 Å². The Morgan fingerprint density at radius 3 is 2.79 bits per heavy atom. The monoisotopic (exact) mass is 223 g/mol. The molecule has 1 heterocycles. The smallest absolute Gasteiger partial charge is 0.369 e. The molecule has 0 aliphatic heterocycles. The molecule has 0 unspecified atom stereocenters. The van der Waals surface area contributed by atoms with Crippen molar-refractivity contribution >= 4 is 17.6 Å². The largest absolute Gasteiger partial charge is 0.441 e. The fraction of sp³-hybridized carbons (Fsp3) is 0.429. The predicted octanol–water partition coefficient (Wildman–Crippen LogP) is 2.14. The van der Waals surface area contributed by atoms with E-state index in [4.69, 9.17) is 0 Å². The van der Waals surface area contributed by atoms with Crippen LogP contribution in [-0.4, -0.2) is 27.8 Å². The maximum Gasteiger partial charge on any atom is 0.441 e. The van der Waals surface area contributed by atoms with Gasteiger partial charge in [-0.15, -0.1) is 0 Å². The van der Waals surface area contributed by atoms with E-state index in [-0.39, 0.29) is 24.1 Å². The molecule has 0 radical (unpaired) electrons. The Kier molecular flexibility index (Phi) is 3.99. The minimum atomic E-state index is -4.16. The molecule has 0 amide bonds. The van der Waals surface area contributed by atoms with Gasteiger partial charge in [0.1, 0.15) is 12.1 Å². The van der Waals surface area contributed by atoms with Gasteiger partial charge in [0.2, 0.25) is 0 Å². The molecule has 3 nitrogen and oxygen atoms in total. The zero-order valence-corrected chi connectivity index (χ0v) is 7.90. The van der Waals surface area contributed by atoms with Crippen molar-refractivity contribution in [3.8, 4) is 0 Å². The van der Waals surface area contributed by atoms with Crippen molar-refractivity contribution in [1.82, 2.24) is 9.97 Å². The van der Waals surface area contributed by atoms with Gasteiger partial charge in [-0.25, -0.2) is 9.97 Å². The first-order chi connectivity index (χ1) is 6.58. The van der Waals surface area contributed by atoms with Crippen LogP contribution in [0, 0.1) is 0 Å². The van der Waals surface area contributed by atoms with Gasteiger partial charge in [-0.05, 0) is 17.8 Å². The van der Waals surface area contributed by atoms with Gasteiger partial charge < -0.3 is 5.32 Å². The average Bonchev–Trinajstić information content (AvgIpc) is 2.13. The molecule has 0 saturated heterocycles. The minimum Gasteiger partial charge on any atom is -0.369 e. The van der Waals surface area contributed by atoms with Crippen LogP contribution in [0.5, 0.6) is 0 Å². The lowest BCUT2D eigenvalue weighted by Gasteiger charge is -2.06. The number of halogens is 3. The summed E-state index contributed by atoms with van der Waals surface area (Å²) in [6.45, 7) is 0.223. The molecule has 78 valence electrons. The van der Waals surface area contributed by atoms with Crippen LogP contribution >= 0.6 is 11.8 Å². The van der Waals surface area contributed by atoms with Crippen LogP contribution in [0.3, 0.4) is 0 Å². The third kappa shape index (κ3) is 4.90. The molecule has 14 heavy (non-hydrogen) atoms. The minimum absolute atomic E-state index is 0.0342. The number of nitrogens with zero attached hydrogens (tertiary/aromatic N) is 2. The maximum atomic E-state index is 11.7. The van der Waals surface area contributed by atoms with E-state index in [1.807, 2.05) is 0 Å². The van der Waals surface area contributed by atoms with E-state index in [2.05, 4.69) is 15.3 Å². The molecule has 0 aromatic carbocycles. The molecule has 7 heteroatoms. The van der Waals surface area contributed by atoms with Gasteiger partial charge in [-0.3, -0.25) is 0 Å². The van der Waals surface area contributed by atoms with Gasteiger partial charge in [-0.1, -0.05) is 0 Å². The van der Waals surface area contributed by atoms with E-state index >= 15 is 0 Å². The van der Waals surface area contributed by atoms with Gasteiger partial charge in [0.05, 0.1) is 0 Å². The van der Waals surface area contributed by atoms with Crippen molar-refractivity contribution in [3.63, 3.8) is 0 Å². The Bertz CT molecular complexity index is 265. The number of nitrogens with one attached hydrogen (secondary N) is 1. The summed E-state index contributed by atoms with van der Waals surface area (Å²) in [4.78, 5) is 7.48. The van der Waals surface area contributed by atoms with E-state index in [1.54, 1.807) is 6.07 Å². The Morgan fingerprint density at radius 2 is 2.21 bits per heavy atom. The van der Waals surface area contributed by atoms with Gasteiger partial charge >= 0.3 is 5.51 Å². The molecule has 0 atom stereocenters. The molecule has 1 N–H and O–H groups in total. The number of anilines is 1. The van der Waals surface area contributed by atoms with Crippen molar-refractivity contribution in [2.75, 3.05) is 17.6 Å². The summed E-state index contributed by atoms with van der Waals surface area (Å²) in [5.74, 6) is 0.496. The third-order valence-electron chi connectivity index (χ3n) is 1.26. The Labute approximate surface area is 83.1 Å².